The van der Waals surface area contributed by atoms with E-state index in [1.54, 1.807) is 23.1 Å². The lowest BCUT2D eigenvalue weighted by molar-refractivity contribution is -0.0498. The highest BCUT2D eigenvalue weighted by Crippen LogP contribution is 2.33. The zero-order valence-electron chi connectivity index (χ0n) is 16.3. The van der Waals surface area contributed by atoms with Gasteiger partial charge in [0.2, 0.25) is 10.0 Å². The van der Waals surface area contributed by atoms with Crippen molar-refractivity contribution in [2.45, 2.75) is 37.2 Å². The van der Waals surface area contributed by atoms with E-state index in [0.717, 1.165) is 24.8 Å². The molecule has 2 aliphatic heterocycles. The minimum Gasteiger partial charge on any atom is -0.435 e. The molecule has 0 unspecified atom stereocenters. The number of ether oxygens (including phenoxy) is 1. The van der Waals surface area contributed by atoms with Gasteiger partial charge < -0.3 is 9.64 Å². The molecule has 0 atom stereocenters. The van der Waals surface area contributed by atoms with E-state index in [2.05, 4.69) is 4.74 Å². The molecule has 0 saturated carbocycles. The normalized spacial score (nSPS) is 17.2. The number of nitrogens with zero attached hydrogens (tertiary/aromatic N) is 2. The molecule has 9 heteroatoms. The number of sulfonamides is 1. The fraction of sp³-hybridized carbons (Fsp3) is 0.381. The first-order valence-corrected chi connectivity index (χ1v) is 11.3. The zero-order chi connectivity index (χ0) is 21.3. The van der Waals surface area contributed by atoms with Crippen LogP contribution in [0.3, 0.4) is 0 Å². The van der Waals surface area contributed by atoms with Crippen molar-refractivity contribution in [1.82, 2.24) is 4.31 Å². The average molecular weight is 436 g/mol. The summed E-state index contributed by atoms with van der Waals surface area (Å²) >= 11 is 0. The van der Waals surface area contributed by atoms with Crippen LogP contribution in [0, 0.1) is 0 Å². The van der Waals surface area contributed by atoms with Gasteiger partial charge in [0.25, 0.3) is 5.91 Å². The predicted molar refractivity (Wildman–Crippen MR) is 108 cm³/mol. The minimum atomic E-state index is -3.53. The van der Waals surface area contributed by atoms with Crippen LogP contribution in [0.4, 0.5) is 14.5 Å². The first kappa shape index (κ1) is 20.7. The molecule has 0 aliphatic carbocycles. The Hall–Kier alpha value is -2.52. The number of amides is 1. The van der Waals surface area contributed by atoms with Gasteiger partial charge in [-0.3, -0.25) is 4.79 Å². The van der Waals surface area contributed by atoms with E-state index in [1.165, 1.54) is 28.6 Å². The number of carbonyl (C=O) groups is 1. The Bertz CT molecular complexity index is 1040. The molecule has 2 aliphatic rings. The van der Waals surface area contributed by atoms with Crippen LogP contribution in [-0.2, 0) is 16.4 Å². The number of rotatable bonds is 5. The van der Waals surface area contributed by atoms with Gasteiger partial charge in [0.15, 0.2) is 0 Å². The van der Waals surface area contributed by atoms with Gasteiger partial charge >= 0.3 is 6.61 Å². The van der Waals surface area contributed by atoms with Crippen LogP contribution in [0.1, 0.15) is 35.2 Å². The minimum absolute atomic E-state index is 0.0177. The maximum Gasteiger partial charge on any atom is 0.387 e. The maximum atomic E-state index is 12.9. The van der Waals surface area contributed by atoms with Crippen LogP contribution in [0.25, 0.3) is 0 Å². The molecule has 6 nitrogen and oxygen atoms in total. The number of piperidine rings is 1. The lowest BCUT2D eigenvalue weighted by Gasteiger charge is -2.26. The summed E-state index contributed by atoms with van der Waals surface area (Å²) in [6, 6.07) is 10.4. The molecule has 0 spiro atoms. The number of carbonyl (C=O) groups excluding carboxylic acids is 1. The Morgan fingerprint density at radius 3 is 2.33 bits per heavy atom. The third-order valence-corrected chi connectivity index (χ3v) is 7.37. The molecule has 0 radical (unpaired) electrons. The van der Waals surface area contributed by atoms with E-state index in [9.17, 15) is 22.0 Å². The van der Waals surface area contributed by atoms with Crippen LogP contribution in [-0.4, -0.2) is 44.9 Å². The van der Waals surface area contributed by atoms with E-state index in [0.29, 0.717) is 37.3 Å². The summed E-state index contributed by atoms with van der Waals surface area (Å²) in [5, 5.41) is 0. The molecule has 2 aromatic rings. The Morgan fingerprint density at radius 1 is 0.967 bits per heavy atom. The first-order valence-electron chi connectivity index (χ1n) is 9.86. The molecule has 160 valence electrons. The van der Waals surface area contributed by atoms with Crippen molar-refractivity contribution in [3.05, 3.63) is 53.6 Å². The zero-order valence-corrected chi connectivity index (χ0v) is 17.1. The molecule has 1 amide bonds. The lowest BCUT2D eigenvalue weighted by Crippen LogP contribution is -2.35. The summed E-state index contributed by atoms with van der Waals surface area (Å²) in [5.74, 6) is -0.292. The summed E-state index contributed by atoms with van der Waals surface area (Å²) in [6.07, 6.45) is 3.33. The molecule has 0 bridgehead atoms. The quantitative estimate of drug-likeness (QED) is 0.718. The highest BCUT2D eigenvalue weighted by Gasteiger charge is 2.30. The highest BCUT2D eigenvalue weighted by molar-refractivity contribution is 7.89. The van der Waals surface area contributed by atoms with Crippen molar-refractivity contribution in [1.29, 1.82) is 0 Å². The fourth-order valence-electron chi connectivity index (χ4n) is 3.94. The van der Waals surface area contributed by atoms with Crippen molar-refractivity contribution in [3.8, 4) is 5.75 Å². The molecule has 4 rings (SSSR count). The number of hydrogen-bond acceptors (Lipinski definition) is 4. The number of fused-ring (bicyclic) bond motifs is 1. The number of alkyl halides is 2. The molecule has 2 aromatic carbocycles. The van der Waals surface area contributed by atoms with Crippen LogP contribution < -0.4 is 9.64 Å². The van der Waals surface area contributed by atoms with Gasteiger partial charge in [-0.2, -0.15) is 13.1 Å². The van der Waals surface area contributed by atoms with Gasteiger partial charge in [-0.25, -0.2) is 8.42 Å². The van der Waals surface area contributed by atoms with Crippen LogP contribution in [0.5, 0.6) is 5.75 Å². The van der Waals surface area contributed by atoms with Crippen molar-refractivity contribution < 1.29 is 26.7 Å². The Balaban J connectivity index is 1.54. The summed E-state index contributed by atoms with van der Waals surface area (Å²) < 4.78 is 56.2. The van der Waals surface area contributed by atoms with Gasteiger partial charge in [0.05, 0.1) is 4.90 Å². The summed E-state index contributed by atoms with van der Waals surface area (Å²) in [4.78, 5) is 14.7. The van der Waals surface area contributed by atoms with Crippen molar-refractivity contribution in [3.63, 3.8) is 0 Å². The third kappa shape index (κ3) is 4.04. The Morgan fingerprint density at radius 2 is 1.67 bits per heavy atom. The van der Waals surface area contributed by atoms with E-state index in [4.69, 9.17) is 0 Å². The summed E-state index contributed by atoms with van der Waals surface area (Å²) in [7, 11) is -3.53. The molecular formula is C21H22F2N2O4S. The number of anilines is 1. The molecule has 1 fully saturated rings. The molecular weight excluding hydrogens is 414 g/mol. The van der Waals surface area contributed by atoms with E-state index in [1.807, 2.05) is 0 Å². The van der Waals surface area contributed by atoms with Gasteiger partial charge in [0.1, 0.15) is 5.75 Å². The van der Waals surface area contributed by atoms with Crippen LogP contribution in [0.15, 0.2) is 47.4 Å². The summed E-state index contributed by atoms with van der Waals surface area (Å²) in [6.45, 7) is -1.42. The topological polar surface area (TPSA) is 66.9 Å². The number of benzene rings is 2. The smallest absolute Gasteiger partial charge is 0.387 e. The van der Waals surface area contributed by atoms with E-state index < -0.39 is 16.6 Å². The predicted octanol–water partition coefficient (Wildman–Crippen LogP) is 3.67. The van der Waals surface area contributed by atoms with Crippen molar-refractivity contribution >= 4 is 21.6 Å². The van der Waals surface area contributed by atoms with Crippen LogP contribution in [0.2, 0.25) is 0 Å². The van der Waals surface area contributed by atoms with Gasteiger partial charge in [-0.15, -0.1) is 0 Å². The second kappa shape index (κ2) is 8.31. The van der Waals surface area contributed by atoms with Crippen LogP contribution >= 0.6 is 0 Å². The number of halogens is 2. The van der Waals surface area contributed by atoms with Gasteiger partial charge in [-0.1, -0.05) is 6.42 Å². The Kier molecular flexibility index (Phi) is 5.75. The third-order valence-electron chi connectivity index (χ3n) is 5.47. The van der Waals surface area contributed by atoms with Gasteiger partial charge in [0, 0.05) is 30.9 Å². The largest absolute Gasteiger partial charge is 0.435 e. The molecule has 30 heavy (non-hydrogen) atoms. The second-order valence-corrected chi connectivity index (χ2v) is 9.30. The maximum absolute atomic E-state index is 12.9. The second-order valence-electron chi connectivity index (χ2n) is 7.36. The SMILES string of the molecule is O=C(c1ccc(OC(F)F)cc1)N1CCc2cc(S(=O)(=O)N3CCCCC3)ccc21. The molecule has 1 saturated heterocycles. The van der Waals surface area contributed by atoms with E-state index in [-0.39, 0.29) is 16.6 Å². The molecule has 2 heterocycles. The van der Waals surface area contributed by atoms with E-state index >= 15 is 0 Å². The van der Waals surface area contributed by atoms with Crippen molar-refractivity contribution in [2.24, 2.45) is 0 Å². The highest BCUT2D eigenvalue weighted by atomic mass is 32.2. The van der Waals surface area contributed by atoms with Gasteiger partial charge in [-0.05, 0) is 67.3 Å². The van der Waals surface area contributed by atoms with Crippen molar-refractivity contribution in [2.75, 3.05) is 24.5 Å². The first-order chi connectivity index (χ1) is 14.4. The summed E-state index contributed by atoms with van der Waals surface area (Å²) in [5.41, 5.74) is 1.82. The standard InChI is InChI=1S/C21H22F2N2O4S/c22-21(23)29-17-6-4-15(5-7-17)20(26)25-13-10-16-14-18(8-9-19(16)25)30(27,28)24-11-2-1-3-12-24/h4-9,14,21H,1-3,10-13H2. The fourth-order valence-corrected chi connectivity index (χ4v) is 5.51. The number of hydrogen-bond donors (Lipinski definition) is 0. The average Bonchev–Trinajstić information content (AvgIpc) is 3.17. The monoisotopic (exact) mass is 436 g/mol. The molecule has 0 N–H and O–H groups in total. The lowest BCUT2D eigenvalue weighted by atomic mass is 10.1. The molecule has 0 aromatic heterocycles. The Labute approximate surface area is 174 Å².